The molecular weight excluding hydrogens is 410 g/mol. The number of anilines is 1. The molecule has 3 amide bonds. The highest BCUT2D eigenvalue weighted by Crippen LogP contribution is 2.20. The molecule has 1 atom stereocenters. The molecule has 0 aliphatic carbocycles. The zero-order valence-electron chi connectivity index (χ0n) is 16.2. The number of hydrazine groups is 1. The SMILES string of the molecule is Cc1ccc(NC(=O)COC(=O)C2CC(=O)N(NC(=O)c3ccccc3)C2)cc1Cl. The third kappa shape index (κ3) is 5.36. The van der Waals surface area contributed by atoms with Gasteiger partial charge in [-0.05, 0) is 36.8 Å². The molecule has 0 aromatic heterocycles. The number of nitrogens with one attached hydrogen (secondary N) is 2. The number of nitrogens with zero attached hydrogens (tertiary/aromatic N) is 1. The van der Waals surface area contributed by atoms with Gasteiger partial charge >= 0.3 is 5.97 Å². The van der Waals surface area contributed by atoms with E-state index >= 15 is 0 Å². The van der Waals surface area contributed by atoms with Crippen LogP contribution in [0.25, 0.3) is 0 Å². The van der Waals surface area contributed by atoms with Gasteiger partial charge in [-0.15, -0.1) is 0 Å². The van der Waals surface area contributed by atoms with E-state index < -0.39 is 36.2 Å². The summed E-state index contributed by atoms with van der Waals surface area (Å²) in [5.41, 5.74) is 4.23. The van der Waals surface area contributed by atoms with Crippen LogP contribution in [0.4, 0.5) is 5.69 Å². The minimum atomic E-state index is -0.768. The maximum Gasteiger partial charge on any atom is 0.311 e. The van der Waals surface area contributed by atoms with E-state index in [2.05, 4.69) is 10.7 Å². The van der Waals surface area contributed by atoms with Crippen molar-refractivity contribution < 1.29 is 23.9 Å². The number of halogens is 1. The van der Waals surface area contributed by atoms with Gasteiger partial charge in [0.25, 0.3) is 11.8 Å². The normalized spacial score (nSPS) is 15.6. The Morgan fingerprint density at radius 1 is 1.17 bits per heavy atom. The minimum absolute atomic E-state index is 0.0224. The molecule has 30 heavy (non-hydrogen) atoms. The highest BCUT2D eigenvalue weighted by molar-refractivity contribution is 6.31. The predicted octanol–water partition coefficient (Wildman–Crippen LogP) is 2.32. The molecule has 8 nitrogen and oxygen atoms in total. The lowest BCUT2D eigenvalue weighted by atomic mass is 10.1. The summed E-state index contributed by atoms with van der Waals surface area (Å²) in [5, 5.41) is 4.18. The average Bonchev–Trinajstić information content (AvgIpc) is 3.10. The Morgan fingerprint density at radius 3 is 2.60 bits per heavy atom. The van der Waals surface area contributed by atoms with Gasteiger partial charge in [0.1, 0.15) is 0 Å². The van der Waals surface area contributed by atoms with Crippen LogP contribution < -0.4 is 10.7 Å². The maximum absolute atomic E-state index is 12.2. The molecule has 1 fully saturated rings. The van der Waals surface area contributed by atoms with E-state index in [9.17, 15) is 19.2 Å². The van der Waals surface area contributed by atoms with Crippen LogP contribution in [0, 0.1) is 12.8 Å². The smallest absolute Gasteiger partial charge is 0.311 e. The Kier molecular flexibility index (Phi) is 6.68. The van der Waals surface area contributed by atoms with Crippen LogP contribution in [0.5, 0.6) is 0 Å². The number of hydrogen-bond donors (Lipinski definition) is 2. The van der Waals surface area contributed by atoms with Gasteiger partial charge < -0.3 is 10.1 Å². The summed E-state index contributed by atoms with van der Waals surface area (Å²) in [4.78, 5) is 48.5. The zero-order chi connectivity index (χ0) is 21.7. The predicted molar refractivity (Wildman–Crippen MR) is 110 cm³/mol. The molecule has 1 unspecified atom stereocenters. The van der Waals surface area contributed by atoms with Crippen LogP contribution in [0.1, 0.15) is 22.3 Å². The van der Waals surface area contributed by atoms with Gasteiger partial charge in [0.05, 0.1) is 12.5 Å². The number of rotatable bonds is 6. The molecule has 0 bridgehead atoms. The molecule has 2 aromatic carbocycles. The number of aryl methyl sites for hydroxylation is 1. The first kappa shape index (κ1) is 21.3. The zero-order valence-corrected chi connectivity index (χ0v) is 16.9. The molecule has 0 radical (unpaired) electrons. The summed E-state index contributed by atoms with van der Waals surface area (Å²) in [6.45, 7) is 1.32. The first-order valence-corrected chi connectivity index (χ1v) is 9.60. The van der Waals surface area contributed by atoms with Crippen molar-refractivity contribution in [2.45, 2.75) is 13.3 Å². The topological polar surface area (TPSA) is 105 Å². The maximum atomic E-state index is 12.2. The minimum Gasteiger partial charge on any atom is -0.455 e. The number of carbonyl (C=O) groups excluding carboxylic acids is 4. The quantitative estimate of drug-likeness (QED) is 0.686. The first-order chi connectivity index (χ1) is 14.3. The first-order valence-electron chi connectivity index (χ1n) is 9.22. The Morgan fingerprint density at radius 2 is 1.90 bits per heavy atom. The molecule has 2 aromatic rings. The largest absolute Gasteiger partial charge is 0.455 e. The lowest BCUT2D eigenvalue weighted by Gasteiger charge is -2.17. The summed E-state index contributed by atoms with van der Waals surface area (Å²) in [7, 11) is 0. The average molecular weight is 430 g/mol. The second kappa shape index (κ2) is 9.41. The summed E-state index contributed by atoms with van der Waals surface area (Å²) < 4.78 is 5.02. The number of ether oxygens (including phenoxy) is 1. The monoisotopic (exact) mass is 429 g/mol. The Labute approximate surface area is 178 Å². The van der Waals surface area contributed by atoms with Crippen molar-refractivity contribution in [3.8, 4) is 0 Å². The molecule has 156 valence electrons. The van der Waals surface area contributed by atoms with Crippen LogP contribution in [0.3, 0.4) is 0 Å². The lowest BCUT2D eigenvalue weighted by molar-refractivity contribution is -0.151. The van der Waals surface area contributed by atoms with Gasteiger partial charge in [-0.1, -0.05) is 35.9 Å². The third-order valence-electron chi connectivity index (χ3n) is 4.53. The van der Waals surface area contributed by atoms with Gasteiger partial charge in [0, 0.05) is 22.7 Å². The summed E-state index contributed by atoms with van der Waals surface area (Å²) in [6.07, 6.45) is -0.108. The fourth-order valence-corrected chi connectivity index (χ4v) is 3.05. The van der Waals surface area contributed by atoms with Crippen LogP contribution in [-0.2, 0) is 19.1 Å². The summed E-state index contributed by atoms with van der Waals surface area (Å²) in [5.74, 6) is -2.83. The molecule has 9 heteroatoms. The molecule has 3 rings (SSSR count). The number of hydrogen-bond acceptors (Lipinski definition) is 5. The highest BCUT2D eigenvalue weighted by Gasteiger charge is 2.36. The van der Waals surface area contributed by atoms with Crippen LogP contribution in [0.2, 0.25) is 5.02 Å². The van der Waals surface area contributed by atoms with Crippen molar-refractivity contribution in [1.82, 2.24) is 10.4 Å². The van der Waals surface area contributed by atoms with Crippen molar-refractivity contribution in [2.24, 2.45) is 5.92 Å². The van der Waals surface area contributed by atoms with E-state index in [0.29, 0.717) is 16.3 Å². The molecule has 1 aliphatic heterocycles. The number of carbonyl (C=O) groups is 4. The van der Waals surface area contributed by atoms with Gasteiger partial charge in [-0.25, -0.2) is 0 Å². The summed E-state index contributed by atoms with van der Waals surface area (Å²) >= 11 is 6.01. The van der Waals surface area contributed by atoms with E-state index in [1.807, 2.05) is 6.92 Å². The molecule has 0 saturated carbocycles. The van der Waals surface area contributed by atoms with E-state index in [-0.39, 0.29) is 13.0 Å². The summed E-state index contributed by atoms with van der Waals surface area (Å²) in [6, 6.07) is 13.4. The standard InChI is InChI=1S/C21H20ClN3O5/c1-13-7-8-16(10-17(13)22)23-18(26)12-30-21(29)15-9-19(27)25(11-15)24-20(28)14-5-3-2-4-6-14/h2-8,10,15H,9,11-12H2,1H3,(H,23,26)(H,24,28). The van der Waals surface area contributed by atoms with Crippen molar-refractivity contribution >= 4 is 41.0 Å². The van der Waals surface area contributed by atoms with Gasteiger partial charge in [0.2, 0.25) is 5.91 Å². The van der Waals surface area contributed by atoms with Gasteiger partial charge in [-0.3, -0.25) is 29.6 Å². The van der Waals surface area contributed by atoms with Gasteiger partial charge in [-0.2, -0.15) is 0 Å². The van der Waals surface area contributed by atoms with Crippen molar-refractivity contribution in [2.75, 3.05) is 18.5 Å². The highest BCUT2D eigenvalue weighted by atomic mass is 35.5. The van der Waals surface area contributed by atoms with E-state index in [1.54, 1.807) is 48.5 Å². The fourth-order valence-electron chi connectivity index (χ4n) is 2.87. The van der Waals surface area contributed by atoms with E-state index in [0.717, 1.165) is 10.6 Å². The molecule has 1 aliphatic rings. The lowest BCUT2D eigenvalue weighted by Crippen LogP contribution is -2.43. The molecule has 2 N–H and O–H groups in total. The van der Waals surface area contributed by atoms with Crippen molar-refractivity contribution in [3.63, 3.8) is 0 Å². The van der Waals surface area contributed by atoms with Crippen LogP contribution >= 0.6 is 11.6 Å². The van der Waals surface area contributed by atoms with Crippen molar-refractivity contribution in [1.29, 1.82) is 0 Å². The number of benzene rings is 2. The van der Waals surface area contributed by atoms with E-state index in [1.165, 1.54) is 0 Å². The Balaban J connectivity index is 1.47. The number of esters is 1. The molecule has 1 heterocycles. The molecular formula is C21H20ClN3O5. The second-order valence-corrected chi connectivity index (χ2v) is 7.24. The number of amides is 3. The van der Waals surface area contributed by atoms with Gasteiger partial charge in [0.15, 0.2) is 6.61 Å². The Bertz CT molecular complexity index is 980. The van der Waals surface area contributed by atoms with Crippen molar-refractivity contribution in [3.05, 3.63) is 64.7 Å². The molecule has 0 spiro atoms. The third-order valence-corrected chi connectivity index (χ3v) is 4.94. The second-order valence-electron chi connectivity index (χ2n) is 6.83. The molecule has 1 saturated heterocycles. The Hall–Kier alpha value is -3.39. The van der Waals surface area contributed by atoms with Crippen LogP contribution in [-0.4, -0.2) is 41.9 Å². The van der Waals surface area contributed by atoms with Crippen LogP contribution in [0.15, 0.2) is 48.5 Å². The fraction of sp³-hybridized carbons (Fsp3) is 0.238. The van der Waals surface area contributed by atoms with E-state index in [4.69, 9.17) is 16.3 Å².